The van der Waals surface area contributed by atoms with Crippen LogP contribution in [0.25, 0.3) is 6.08 Å². The van der Waals surface area contributed by atoms with Gasteiger partial charge in [-0.15, -0.1) is 0 Å². The molecule has 4 nitrogen and oxygen atoms in total. The van der Waals surface area contributed by atoms with E-state index in [0.29, 0.717) is 12.6 Å². The molecule has 1 atom stereocenters. The van der Waals surface area contributed by atoms with Crippen LogP contribution in [0.1, 0.15) is 69.1 Å². The Morgan fingerprint density at radius 1 is 1.13 bits per heavy atom. The van der Waals surface area contributed by atoms with E-state index < -0.39 is 0 Å². The molecule has 1 saturated heterocycles. The number of rotatable bonds is 8. The van der Waals surface area contributed by atoms with E-state index in [9.17, 15) is 0 Å². The molecular formula is C33H41ClN2O2. The summed E-state index contributed by atoms with van der Waals surface area (Å²) in [5, 5.41) is 4.52. The fourth-order valence-corrected chi connectivity index (χ4v) is 5.88. The Morgan fingerprint density at radius 2 is 2.05 bits per heavy atom. The first-order valence-corrected chi connectivity index (χ1v) is 14.6. The Kier molecular flexibility index (Phi) is 9.27. The summed E-state index contributed by atoms with van der Waals surface area (Å²) in [7, 11) is 0. The van der Waals surface area contributed by atoms with Crippen molar-refractivity contribution in [1.29, 1.82) is 0 Å². The lowest BCUT2D eigenvalue weighted by Crippen LogP contribution is -2.28. The average molecular weight is 533 g/mol. The number of allylic oxidation sites excluding steroid dienone is 6. The third kappa shape index (κ3) is 6.91. The molecule has 2 aliphatic heterocycles. The summed E-state index contributed by atoms with van der Waals surface area (Å²) in [6, 6.07) is 7.40. The van der Waals surface area contributed by atoms with E-state index in [1.54, 1.807) is 0 Å². The summed E-state index contributed by atoms with van der Waals surface area (Å²) in [6.45, 7) is 8.44. The topological polar surface area (TPSA) is 33.7 Å². The van der Waals surface area contributed by atoms with Crippen molar-refractivity contribution in [2.45, 2.75) is 71.4 Å². The molecule has 5 heteroatoms. The minimum Gasteiger partial charge on any atom is -0.489 e. The van der Waals surface area contributed by atoms with Crippen molar-refractivity contribution in [3.05, 3.63) is 98.6 Å². The van der Waals surface area contributed by atoms with Crippen molar-refractivity contribution in [3.8, 4) is 0 Å². The van der Waals surface area contributed by atoms with Crippen molar-refractivity contribution >= 4 is 17.7 Å². The fourth-order valence-electron chi connectivity index (χ4n) is 5.58. The maximum absolute atomic E-state index is 6.55. The number of benzene rings is 1. The Morgan fingerprint density at radius 3 is 2.84 bits per heavy atom. The lowest BCUT2D eigenvalue weighted by atomic mass is 9.93. The number of nitrogens with zero attached hydrogens (tertiary/aromatic N) is 1. The largest absolute Gasteiger partial charge is 0.489 e. The Hall–Kier alpha value is -2.53. The summed E-state index contributed by atoms with van der Waals surface area (Å²) >= 11 is 6.55. The summed E-state index contributed by atoms with van der Waals surface area (Å²) in [5.41, 5.74) is 9.49. The summed E-state index contributed by atoms with van der Waals surface area (Å²) < 4.78 is 11.7. The second-order valence-electron chi connectivity index (χ2n) is 10.8. The summed E-state index contributed by atoms with van der Waals surface area (Å²) in [6.07, 6.45) is 20.6. The van der Waals surface area contributed by atoms with Crippen LogP contribution in [0.5, 0.6) is 0 Å². The van der Waals surface area contributed by atoms with Gasteiger partial charge in [-0.2, -0.15) is 0 Å². The van der Waals surface area contributed by atoms with E-state index in [1.165, 1.54) is 39.1 Å². The molecule has 4 aliphatic rings. The Balaban J connectivity index is 1.16. The predicted molar refractivity (Wildman–Crippen MR) is 158 cm³/mol. The van der Waals surface area contributed by atoms with Crippen LogP contribution in [-0.4, -0.2) is 37.3 Å². The van der Waals surface area contributed by atoms with Gasteiger partial charge in [0.2, 0.25) is 0 Å². The van der Waals surface area contributed by atoms with E-state index in [4.69, 9.17) is 21.1 Å². The Labute approximate surface area is 233 Å². The molecule has 1 aromatic rings. The van der Waals surface area contributed by atoms with Crippen molar-refractivity contribution in [2.24, 2.45) is 0 Å². The predicted octanol–water partition coefficient (Wildman–Crippen LogP) is 7.54. The van der Waals surface area contributed by atoms with Gasteiger partial charge in [0.25, 0.3) is 0 Å². The molecule has 2 aliphatic carbocycles. The van der Waals surface area contributed by atoms with Crippen LogP contribution in [0.2, 0.25) is 0 Å². The molecule has 1 aromatic carbocycles. The first-order chi connectivity index (χ1) is 18.6. The highest BCUT2D eigenvalue weighted by Crippen LogP contribution is 2.29. The molecule has 0 bridgehead atoms. The quantitative estimate of drug-likeness (QED) is 0.375. The highest BCUT2D eigenvalue weighted by Gasteiger charge is 2.18. The second-order valence-corrected chi connectivity index (χ2v) is 11.2. The monoisotopic (exact) mass is 532 g/mol. The van der Waals surface area contributed by atoms with E-state index in [0.717, 1.165) is 82.0 Å². The van der Waals surface area contributed by atoms with Crippen LogP contribution in [0.15, 0.2) is 81.9 Å². The SMILES string of the molecule is CCC1=C(Cl)C=CC(COC2=CCN(C3=Cc4ccc(CNC5CCOC5)cc4CC3)C=C2)=C(C)CCC1. The van der Waals surface area contributed by atoms with E-state index in [2.05, 4.69) is 78.8 Å². The van der Waals surface area contributed by atoms with Gasteiger partial charge in [-0.1, -0.05) is 53.9 Å². The third-order valence-electron chi connectivity index (χ3n) is 8.15. The van der Waals surface area contributed by atoms with Gasteiger partial charge in [0, 0.05) is 42.7 Å². The van der Waals surface area contributed by atoms with Gasteiger partial charge < -0.3 is 19.7 Å². The van der Waals surface area contributed by atoms with E-state index in [1.807, 2.05) is 0 Å². The van der Waals surface area contributed by atoms with Gasteiger partial charge in [-0.05, 0) is 98.4 Å². The highest BCUT2D eigenvalue weighted by atomic mass is 35.5. The van der Waals surface area contributed by atoms with Crippen molar-refractivity contribution in [1.82, 2.24) is 10.2 Å². The second kappa shape index (κ2) is 13.0. The molecule has 0 aromatic heterocycles. The number of nitrogens with one attached hydrogen (secondary N) is 1. The van der Waals surface area contributed by atoms with E-state index >= 15 is 0 Å². The molecule has 0 saturated carbocycles. The smallest absolute Gasteiger partial charge is 0.119 e. The van der Waals surface area contributed by atoms with Crippen molar-refractivity contribution in [3.63, 3.8) is 0 Å². The van der Waals surface area contributed by atoms with Crippen molar-refractivity contribution < 1.29 is 9.47 Å². The molecule has 202 valence electrons. The number of ether oxygens (including phenoxy) is 2. The van der Waals surface area contributed by atoms with Crippen LogP contribution in [0.4, 0.5) is 0 Å². The number of aryl methyl sites for hydroxylation is 1. The molecule has 5 rings (SSSR count). The number of hydrogen-bond acceptors (Lipinski definition) is 4. The molecule has 38 heavy (non-hydrogen) atoms. The third-order valence-corrected chi connectivity index (χ3v) is 8.54. The molecule has 0 spiro atoms. The molecule has 1 fully saturated rings. The maximum atomic E-state index is 6.55. The van der Waals surface area contributed by atoms with Crippen LogP contribution in [0, 0.1) is 0 Å². The van der Waals surface area contributed by atoms with Gasteiger partial charge >= 0.3 is 0 Å². The Bertz CT molecular complexity index is 1200. The summed E-state index contributed by atoms with van der Waals surface area (Å²) in [4.78, 5) is 2.34. The highest BCUT2D eigenvalue weighted by molar-refractivity contribution is 6.31. The molecule has 2 heterocycles. The molecular weight excluding hydrogens is 492 g/mol. The van der Waals surface area contributed by atoms with Crippen molar-refractivity contribution in [2.75, 3.05) is 26.4 Å². The first-order valence-electron chi connectivity index (χ1n) is 14.2. The zero-order valence-corrected chi connectivity index (χ0v) is 23.7. The zero-order chi connectivity index (χ0) is 26.3. The van der Waals surface area contributed by atoms with Crippen LogP contribution in [0.3, 0.4) is 0 Å². The maximum Gasteiger partial charge on any atom is 0.119 e. The van der Waals surface area contributed by atoms with Gasteiger partial charge in [0.05, 0.1) is 6.61 Å². The van der Waals surface area contributed by atoms with Gasteiger partial charge in [0.15, 0.2) is 0 Å². The minimum atomic E-state index is 0.494. The number of hydrogen-bond donors (Lipinski definition) is 1. The van der Waals surface area contributed by atoms with Gasteiger partial charge in [-0.25, -0.2) is 0 Å². The van der Waals surface area contributed by atoms with E-state index in [-0.39, 0.29) is 0 Å². The van der Waals surface area contributed by atoms with Crippen LogP contribution >= 0.6 is 11.6 Å². The lowest BCUT2D eigenvalue weighted by Gasteiger charge is -2.28. The molecule has 0 amide bonds. The minimum absolute atomic E-state index is 0.494. The fraction of sp³-hybridized carbons (Fsp3) is 0.455. The normalized spacial score (nSPS) is 22.1. The summed E-state index contributed by atoms with van der Waals surface area (Å²) in [5.74, 6) is 0.937. The van der Waals surface area contributed by atoms with Crippen LogP contribution < -0.4 is 5.32 Å². The zero-order valence-electron chi connectivity index (χ0n) is 22.9. The number of halogens is 1. The van der Waals surface area contributed by atoms with Gasteiger partial charge in [-0.3, -0.25) is 0 Å². The number of fused-ring (bicyclic) bond motifs is 1. The van der Waals surface area contributed by atoms with Crippen LogP contribution in [-0.2, 0) is 22.4 Å². The molecule has 1 unspecified atom stereocenters. The van der Waals surface area contributed by atoms with Gasteiger partial charge in [0.1, 0.15) is 12.4 Å². The lowest BCUT2D eigenvalue weighted by molar-refractivity contribution is 0.190. The molecule has 0 radical (unpaired) electrons. The molecule has 1 N–H and O–H groups in total. The standard InChI is InChI=1S/C33H41ClN2O2/c1-3-26-6-4-5-24(2)29(10-12-33(26)34)22-38-32-13-16-36(17-14-32)31-11-9-27-19-25(7-8-28(27)20-31)21-35-30-15-18-37-23-30/h7-8,10,12-14,16,19-20,30,35H,3-6,9,11,15,17-18,21-23H2,1-2H3. The first kappa shape index (κ1) is 27.1. The average Bonchev–Trinajstić information content (AvgIpc) is 3.49.